The van der Waals surface area contributed by atoms with Gasteiger partial charge in [0.2, 0.25) is 0 Å². The first-order chi connectivity index (χ1) is 5.55. The van der Waals surface area contributed by atoms with E-state index >= 15 is 0 Å². The molecule has 0 N–H and O–H groups in total. The quantitative estimate of drug-likeness (QED) is 0.672. The van der Waals surface area contributed by atoms with Crippen molar-refractivity contribution in [2.24, 2.45) is 5.41 Å². The van der Waals surface area contributed by atoms with Gasteiger partial charge < -0.3 is 0 Å². The lowest BCUT2D eigenvalue weighted by atomic mass is 9.85. The third-order valence-corrected chi connectivity index (χ3v) is 1.98. The SMILES string of the molecule is CC1(C)C=CC(=O)C(/C=C\Br)=C1. The van der Waals surface area contributed by atoms with Crippen LogP contribution in [0, 0.1) is 5.41 Å². The van der Waals surface area contributed by atoms with E-state index in [-0.39, 0.29) is 11.2 Å². The van der Waals surface area contributed by atoms with Crippen molar-refractivity contribution in [2.75, 3.05) is 0 Å². The van der Waals surface area contributed by atoms with E-state index in [2.05, 4.69) is 29.8 Å². The molecule has 0 atom stereocenters. The smallest absolute Gasteiger partial charge is 0.185 e. The van der Waals surface area contributed by atoms with Gasteiger partial charge in [-0.1, -0.05) is 41.9 Å². The van der Waals surface area contributed by atoms with Crippen LogP contribution in [0.1, 0.15) is 13.8 Å². The van der Waals surface area contributed by atoms with E-state index in [1.165, 1.54) is 0 Å². The third kappa shape index (κ3) is 2.18. The summed E-state index contributed by atoms with van der Waals surface area (Å²) in [6, 6.07) is 0. The molecule has 0 saturated carbocycles. The molecule has 0 unspecified atom stereocenters. The number of halogens is 1. The Morgan fingerprint density at radius 3 is 2.75 bits per heavy atom. The van der Waals surface area contributed by atoms with Crippen molar-refractivity contribution in [3.63, 3.8) is 0 Å². The summed E-state index contributed by atoms with van der Waals surface area (Å²) >= 11 is 3.15. The maximum Gasteiger partial charge on any atom is 0.185 e. The van der Waals surface area contributed by atoms with Gasteiger partial charge in [-0.05, 0) is 17.1 Å². The van der Waals surface area contributed by atoms with Crippen LogP contribution in [0.25, 0.3) is 0 Å². The van der Waals surface area contributed by atoms with Crippen molar-refractivity contribution in [2.45, 2.75) is 13.8 Å². The molecule has 0 aromatic heterocycles. The van der Waals surface area contributed by atoms with Gasteiger partial charge in [0.15, 0.2) is 5.78 Å². The van der Waals surface area contributed by atoms with Gasteiger partial charge in [0.25, 0.3) is 0 Å². The predicted octanol–water partition coefficient (Wildman–Crippen LogP) is 2.99. The molecule has 64 valence electrons. The highest BCUT2D eigenvalue weighted by atomic mass is 79.9. The minimum atomic E-state index is -0.00421. The maximum absolute atomic E-state index is 11.2. The first-order valence-electron chi connectivity index (χ1n) is 3.78. The molecule has 1 rings (SSSR count). The monoisotopic (exact) mass is 226 g/mol. The molecule has 0 bridgehead atoms. The average Bonchev–Trinajstić information content (AvgIpc) is 1.97. The maximum atomic E-state index is 11.2. The molecule has 0 aromatic carbocycles. The van der Waals surface area contributed by atoms with Gasteiger partial charge in [-0.2, -0.15) is 0 Å². The topological polar surface area (TPSA) is 17.1 Å². The van der Waals surface area contributed by atoms with Gasteiger partial charge in [0.1, 0.15) is 0 Å². The zero-order valence-electron chi connectivity index (χ0n) is 7.17. The molecule has 0 fully saturated rings. The summed E-state index contributed by atoms with van der Waals surface area (Å²) in [5.74, 6) is 0.0741. The van der Waals surface area contributed by atoms with E-state index in [4.69, 9.17) is 0 Å². The number of rotatable bonds is 1. The molecular formula is C10H11BrO. The Labute approximate surface area is 81.0 Å². The average molecular weight is 227 g/mol. The molecule has 1 aliphatic carbocycles. The van der Waals surface area contributed by atoms with Crippen LogP contribution in [0.2, 0.25) is 0 Å². The molecule has 0 radical (unpaired) electrons. The van der Waals surface area contributed by atoms with Gasteiger partial charge in [0, 0.05) is 11.0 Å². The highest BCUT2D eigenvalue weighted by Crippen LogP contribution is 2.26. The number of carbonyl (C=O) groups excluding carboxylic acids is 1. The second-order valence-corrected chi connectivity index (χ2v) is 3.94. The summed E-state index contributed by atoms with van der Waals surface area (Å²) in [7, 11) is 0. The van der Waals surface area contributed by atoms with E-state index in [0.717, 1.165) is 5.57 Å². The minimum absolute atomic E-state index is 0.00421. The minimum Gasteiger partial charge on any atom is -0.289 e. The van der Waals surface area contributed by atoms with Crippen LogP contribution >= 0.6 is 15.9 Å². The molecule has 0 amide bonds. The van der Waals surface area contributed by atoms with Crippen molar-refractivity contribution in [1.82, 2.24) is 0 Å². The molecule has 0 heterocycles. The Hall–Kier alpha value is -0.630. The van der Waals surface area contributed by atoms with Crippen LogP contribution in [0.3, 0.4) is 0 Å². The number of ketones is 1. The number of allylic oxidation sites excluding steroid dienone is 5. The second-order valence-electron chi connectivity index (χ2n) is 3.41. The zero-order chi connectivity index (χ0) is 9.19. The first-order valence-corrected chi connectivity index (χ1v) is 4.70. The van der Waals surface area contributed by atoms with E-state index in [0.29, 0.717) is 0 Å². The molecular weight excluding hydrogens is 216 g/mol. The van der Waals surface area contributed by atoms with E-state index in [9.17, 15) is 4.79 Å². The Kier molecular flexibility index (Phi) is 2.68. The van der Waals surface area contributed by atoms with E-state index < -0.39 is 0 Å². The fourth-order valence-corrected chi connectivity index (χ4v) is 1.39. The fourth-order valence-electron chi connectivity index (χ4n) is 1.10. The van der Waals surface area contributed by atoms with Crippen molar-refractivity contribution < 1.29 is 4.79 Å². The largest absolute Gasteiger partial charge is 0.289 e. The van der Waals surface area contributed by atoms with Crippen LogP contribution in [-0.4, -0.2) is 5.78 Å². The van der Waals surface area contributed by atoms with Crippen LogP contribution in [-0.2, 0) is 4.79 Å². The Morgan fingerprint density at radius 1 is 1.50 bits per heavy atom. The Morgan fingerprint density at radius 2 is 2.17 bits per heavy atom. The number of carbonyl (C=O) groups is 1. The normalized spacial score (nSPS) is 21.6. The predicted molar refractivity (Wildman–Crippen MR) is 54.1 cm³/mol. The van der Waals surface area contributed by atoms with Crippen molar-refractivity contribution in [3.8, 4) is 0 Å². The van der Waals surface area contributed by atoms with Crippen molar-refractivity contribution in [1.29, 1.82) is 0 Å². The Balaban J connectivity index is 2.98. The van der Waals surface area contributed by atoms with Crippen LogP contribution < -0.4 is 0 Å². The van der Waals surface area contributed by atoms with Crippen molar-refractivity contribution >= 4 is 21.7 Å². The molecule has 0 saturated heterocycles. The van der Waals surface area contributed by atoms with Crippen molar-refractivity contribution in [3.05, 3.63) is 34.9 Å². The van der Waals surface area contributed by atoms with Gasteiger partial charge in [-0.3, -0.25) is 4.79 Å². The second kappa shape index (κ2) is 3.40. The standard InChI is InChI=1S/C10H11BrO/c1-10(2)5-3-9(12)8(7-10)4-6-11/h3-7H,1-2H3/b6-4-. The number of hydrogen-bond acceptors (Lipinski definition) is 1. The summed E-state index contributed by atoms with van der Waals surface area (Å²) in [5, 5.41) is 0. The van der Waals surface area contributed by atoms with Crippen LogP contribution in [0.5, 0.6) is 0 Å². The lowest BCUT2D eigenvalue weighted by Gasteiger charge is -2.19. The van der Waals surface area contributed by atoms with Gasteiger partial charge in [-0.15, -0.1) is 0 Å². The molecule has 12 heavy (non-hydrogen) atoms. The van der Waals surface area contributed by atoms with Gasteiger partial charge in [0.05, 0.1) is 0 Å². The van der Waals surface area contributed by atoms with Gasteiger partial charge >= 0.3 is 0 Å². The molecule has 1 nitrogen and oxygen atoms in total. The van der Waals surface area contributed by atoms with Crippen LogP contribution in [0.4, 0.5) is 0 Å². The van der Waals surface area contributed by atoms with Crippen LogP contribution in [0.15, 0.2) is 34.9 Å². The molecule has 2 heteroatoms. The zero-order valence-corrected chi connectivity index (χ0v) is 8.76. The van der Waals surface area contributed by atoms with E-state index in [1.54, 1.807) is 17.1 Å². The molecule has 0 spiro atoms. The first kappa shape index (κ1) is 9.46. The third-order valence-electron chi connectivity index (χ3n) is 1.72. The van der Waals surface area contributed by atoms with E-state index in [1.807, 2.05) is 12.2 Å². The highest BCUT2D eigenvalue weighted by molar-refractivity contribution is 9.11. The molecule has 0 aromatic rings. The molecule has 0 aliphatic heterocycles. The summed E-state index contributed by atoms with van der Waals surface area (Å²) in [6.45, 7) is 4.13. The lowest BCUT2D eigenvalue weighted by Crippen LogP contribution is -2.12. The summed E-state index contributed by atoms with van der Waals surface area (Å²) < 4.78 is 0. The summed E-state index contributed by atoms with van der Waals surface area (Å²) in [5.41, 5.74) is 0.745. The fraction of sp³-hybridized carbons (Fsp3) is 0.300. The highest BCUT2D eigenvalue weighted by Gasteiger charge is 2.18. The number of hydrogen-bond donors (Lipinski definition) is 0. The summed E-state index contributed by atoms with van der Waals surface area (Å²) in [4.78, 5) is 12.9. The summed E-state index contributed by atoms with van der Waals surface area (Å²) in [6.07, 6.45) is 7.28. The molecule has 1 aliphatic rings. The Bertz CT molecular complexity index is 282. The van der Waals surface area contributed by atoms with Gasteiger partial charge in [-0.25, -0.2) is 0 Å². The lowest BCUT2D eigenvalue weighted by molar-refractivity contribution is -0.111.